The highest BCUT2D eigenvalue weighted by molar-refractivity contribution is 5.64. The van der Waals surface area contributed by atoms with Crippen LogP contribution in [0.15, 0.2) is 36.1 Å². The van der Waals surface area contributed by atoms with Crippen LogP contribution in [0.5, 0.6) is 0 Å². The Morgan fingerprint density at radius 3 is 0.385 bits per heavy atom. The van der Waals surface area contributed by atoms with Gasteiger partial charge in [0.2, 0.25) is 0 Å². The monoisotopic (exact) mass is 579 g/mol. The lowest BCUT2D eigenvalue weighted by Gasteiger charge is -1.78. The second-order valence-electron chi connectivity index (χ2n) is 5.11. The standard InChI is InChI=1S/3C2H7N3.6C2H4O2/c3*3-1-2(4)5;6*1-2(3)4/h3*1H,3-5H2;6*1H3,(H,3,4). The minimum atomic E-state index is -0.833. The molecule has 0 aliphatic heterocycles. The Kier molecular flexibility index (Phi) is 80.7. The van der Waals surface area contributed by atoms with Gasteiger partial charge in [-0.05, 0) is 0 Å². The van der Waals surface area contributed by atoms with E-state index >= 15 is 0 Å². The van der Waals surface area contributed by atoms with E-state index in [2.05, 4.69) is 0 Å². The van der Waals surface area contributed by atoms with Crippen LogP contribution in [0.2, 0.25) is 0 Å². The molecule has 0 aromatic rings. The molecule has 0 heterocycles. The molecule has 0 atom stereocenters. The Labute approximate surface area is 225 Å². The third-order valence-electron chi connectivity index (χ3n) is 0.577. The number of carboxylic acid groups (broad SMARTS) is 6. The summed E-state index contributed by atoms with van der Waals surface area (Å²) >= 11 is 0. The van der Waals surface area contributed by atoms with Crippen molar-refractivity contribution in [3.05, 3.63) is 36.1 Å². The second kappa shape index (κ2) is 53.5. The minimum Gasteiger partial charge on any atom is -0.481 e. The van der Waals surface area contributed by atoms with E-state index in [-0.39, 0.29) is 17.5 Å². The highest BCUT2D eigenvalue weighted by atomic mass is 16.4. The zero-order valence-electron chi connectivity index (χ0n) is 22.6. The molecular formula is C18H45N9O12. The molecule has 0 aromatic heterocycles. The van der Waals surface area contributed by atoms with E-state index in [0.29, 0.717) is 0 Å². The maximum absolute atomic E-state index is 9.00. The fraction of sp³-hybridized carbons (Fsp3) is 0.333. The van der Waals surface area contributed by atoms with Gasteiger partial charge in [-0.15, -0.1) is 0 Å². The highest BCUT2D eigenvalue weighted by Gasteiger charge is 1.67. The lowest BCUT2D eigenvalue weighted by Crippen LogP contribution is -2.09. The van der Waals surface area contributed by atoms with Crippen LogP contribution < -0.4 is 51.6 Å². The number of carboxylic acids is 6. The first-order chi connectivity index (χ1) is 17.2. The third kappa shape index (κ3) is 512000. The van der Waals surface area contributed by atoms with E-state index in [9.17, 15) is 0 Å². The average Bonchev–Trinajstić information content (AvgIpc) is 2.66. The Bertz CT molecular complexity index is 559. The number of hydrogen-bond donors (Lipinski definition) is 15. The van der Waals surface area contributed by atoms with Crippen molar-refractivity contribution in [1.29, 1.82) is 0 Å². The van der Waals surface area contributed by atoms with E-state index in [0.717, 1.165) is 60.1 Å². The van der Waals surface area contributed by atoms with Crippen molar-refractivity contribution in [3.8, 4) is 0 Å². The molecule has 0 spiro atoms. The molecule has 234 valence electrons. The number of carbonyl (C=O) groups is 6. The van der Waals surface area contributed by atoms with Crippen LogP contribution in [0.4, 0.5) is 0 Å². The van der Waals surface area contributed by atoms with Gasteiger partial charge < -0.3 is 82.2 Å². The fourth-order valence-corrected chi connectivity index (χ4v) is 0. The first-order valence-electron chi connectivity index (χ1n) is 9.16. The molecule has 24 N–H and O–H groups in total. The SMILES string of the molecule is CC(=O)O.CC(=O)O.CC(=O)O.CC(=O)O.CC(=O)O.CC(=O)O.NC=C(N)N.NC=C(N)N.NC=C(N)N. The van der Waals surface area contributed by atoms with Gasteiger partial charge in [-0.1, -0.05) is 0 Å². The predicted molar refractivity (Wildman–Crippen MR) is 142 cm³/mol. The van der Waals surface area contributed by atoms with Crippen LogP contribution in [-0.2, 0) is 28.8 Å². The molecule has 0 fully saturated rings. The van der Waals surface area contributed by atoms with Crippen molar-refractivity contribution < 1.29 is 59.4 Å². The summed E-state index contributed by atoms with van der Waals surface area (Å²) in [5.74, 6) is -4.53. The fourth-order valence-electron chi connectivity index (χ4n) is 0. The zero-order chi connectivity index (χ0) is 34.3. The summed E-state index contributed by atoms with van der Waals surface area (Å²) in [6, 6.07) is 0. The number of rotatable bonds is 0. The van der Waals surface area contributed by atoms with Crippen LogP contribution in [-0.4, -0.2) is 66.5 Å². The van der Waals surface area contributed by atoms with Gasteiger partial charge in [0.15, 0.2) is 0 Å². The molecule has 21 nitrogen and oxygen atoms in total. The molecule has 0 aliphatic rings. The van der Waals surface area contributed by atoms with Gasteiger partial charge in [0.25, 0.3) is 35.8 Å². The quantitative estimate of drug-likeness (QED) is 0.132. The summed E-state index contributed by atoms with van der Waals surface area (Å²) in [4.78, 5) is 54.0. The summed E-state index contributed by atoms with van der Waals surface area (Å²) < 4.78 is 0. The molecular weight excluding hydrogens is 534 g/mol. The Morgan fingerprint density at radius 1 is 0.359 bits per heavy atom. The number of aliphatic carboxylic acids is 6. The largest absolute Gasteiger partial charge is 0.481 e. The Morgan fingerprint density at radius 2 is 0.385 bits per heavy atom. The van der Waals surface area contributed by atoms with Gasteiger partial charge in [0.05, 0.1) is 0 Å². The van der Waals surface area contributed by atoms with Gasteiger partial charge in [-0.25, -0.2) is 0 Å². The third-order valence-corrected chi connectivity index (χ3v) is 0.577. The lowest BCUT2D eigenvalue weighted by molar-refractivity contribution is -0.135. The molecule has 0 saturated heterocycles. The molecule has 0 aliphatic carbocycles. The van der Waals surface area contributed by atoms with Crippen LogP contribution in [0.1, 0.15) is 41.5 Å². The molecule has 0 aromatic carbocycles. The van der Waals surface area contributed by atoms with Crippen molar-refractivity contribution in [1.82, 2.24) is 0 Å². The normalized spacial score (nSPS) is 6.31. The molecule has 0 amide bonds. The molecule has 39 heavy (non-hydrogen) atoms. The summed E-state index contributed by atoms with van der Waals surface area (Å²) in [6.07, 6.45) is 3.42. The maximum Gasteiger partial charge on any atom is 0.300 e. The van der Waals surface area contributed by atoms with Crippen LogP contribution >= 0.6 is 0 Å². The second-order valence-corrected chi connectivity index (χ2v) is 5.11. The molecule has 0 unspecified atom stereocenters. The highest BCUT2D eigenvalue weighted by Crippen LogP contribution is 1.50. The summed E-state index contributed by atoms with van der Waals surface area (Å²) in [5, 5.41) is 44.5. The van der Waals surface area contributed by atoms with Crippen LogP contribution in [0.25, 0.3) is 0 Å². The van der Waals surface area contributed by atoms with Crippen molar-refractivity contribution in [2.45, 2.75) is 41.5 Å². The van der Waals surface area contributed by atoms with E-state index in [1.807, 2.05) is 0 Å². The smallest absolute Gasteiger partial charge is 0.300 e. The molecule has 21 heteroatoms. The minimum absolute atomic E-state index is 0.157. The van der Waals surface area contributed by atoms with Gasteiger partial charge in [0, 0.05) is 60.1 Å². The van der Waals surface area contributed by atoms with E-state index in [1.54, 1.807) is 0 Å². The first kappa shape index (κ1) is 58.8. The Balaban J connectivity index is -0.0000000372. The lowest BCUT2D eigenvalue weighted by atomic mass is 10.8. The molecule has 0 rings (SSSR count). The zero-order valence-corrected chi connectivity index (χ0v) is 22.6. The van der Waals surface area contributed by atoms with Gasteiger partial charge >= 0.3 is 0 Å². The first-order valence-corrected chi connectivity index (χ1v) is 9.16. The van der Waals surface area contributed by atoms with E-state index < -0.39 is 35.8 Å². The van der Waals surface area contributed by atoms with Gasteiger partial charge in [-0.2, -0.15) is 0 Å². The summed E-state index contributed by atoms with van der Waals surface area (Å²) in [5.41, 5.74) is 43.1. The van der Waals surface area contributed by atoms with Crippen LogP contribution in [0, 0.1) is 0 Å². The van der Waals surface area contributed by atoms with E-state index in [4.69, 9.17) is 111 Å². The summed E-state index contributed by atoms with van der Waals surface area (Å²) in [7, 11) is 0. The van der Waals surface area contributed by atoms with Crippen LogP contribution in [0.3, 0.4) is 0 Å². The topological polar surface area (TPSA) is 458 Å². The predicted octanol–water partition coefficient (Wildman–Crippen LogP) is -3.47. The van der Waals surface area contributed by atoms with Crippen molar-refractivity contribution in [2.24, 2.45) is 51.6 Å². The van der Waals surface area contributed by atoms with E-state index in [1.165, 1.54) is 0 Å². The number of hydrogen-bond acceptors (Lipinski definition) is 15. The molecule has 0 saturated carbocycles. The van der Waals surface area contributed by atoms with Crippen molar-refractivity contribution in [3.63, 3.8) is 0 Å². The molecule has 0 bridgehead atoms. The Hall–Kier alpha value is -5.76. The number of nitrogens with two attached hydrogens (primary N) is 9. The van der Waals surface area contributed by atoms with Gasteiger partial charge in [-0.3, -0.25) is 28.8 Å². The van der Waals surface area contributed by atoms with Crippen molar-refractivity contribution >= 4 is 35.8 Å². The maximum atomic E-state index is 9.00. The van der Waals surface area contributed by atoms with Crippen molar-refractivity contribution in [2.75, 3.05) is 0 Å². The molecule has 0 radical (unpaired) electrons. The summed E-state index contributed by atoms with van der Waals surface area (Å²) in [6.45, 7) is 6.50. The van der Waals surface area contributed by atoms with Gasteiger partial charge in [0.1, 0.15) is 17.5 Å². The average molecular weight is 580 g/mol.